The van der Waals surface area contributed by atoms with E-state index >= 15 is 0 Å². The predicted octanol–water partition coefficient (Wildman–Crippen LogP) is 3.90. The van der Waals surface area contributed by atoms with Crippen molar-refractivity contribution in [3.63, 3.8) is 0 Å². The van der Waals surface area contributed by atoms with Crippen LogP contribution in [0, 0.1) is 13.8 Å². The first kappa shape index (κ1) is 19.3. The molecule has 0 amide bonds. The van der Waals surface area contributed by atoms with Crippen molar-refractivity contribution < 1.29 is 4.74 Å². The monoisotopic (exact) mass is 425 g/mol. The molecule has 0 fully saturated rings. The van der Waals surface area contributed by atoms with Gasteiger partial charge in [-0.1, -0.05) is 35.4 Å². The van der Waals surface area contributed by atoms with Gasteiger partial charge < -0.3 is 15.8 Å². The van der Waals surface area contributed by atoms with Crippen LogP contribution in [0.1, 0.15) is 16.7 Å². The van der Waals surface area contributed by atoms with Gasteiger partial charge >= 0.3 is 0 Å². The van der Waals surface area contributed by atoms with E-state index in [4.69, 9.17) is 10.5 Å². The van der Waals surface area contributed by atoms with Crippen LogP contribution in [-0.4, -0.2) is 19.6 Å². The molecule has 2 aromatic carbocycles. The number of benzene rings is 2. The Balaban J connectivity index is 0.00000264. The Morgan fingerprint density at radius 1 is 1.13 bits per heavy atom. The molecule has 0 spiro atoms. The van der Waals surface area contributed by atoms with Crippen LogP contribution in [0.2, 0.25) is 0 Å². The number of aliphatic imine (C=N–C) groups is 1. The molecule has 0 aliphatic rings. The molecule has 0 bridgehead atoms. The highest BCUT2D eigenvalue weighted by atomic mass is 127. The van der Waals surface area contributed by atoms with Gasteiger partial charge in [-0.15, -0.1) is 24.0 Å². The van der Waals surface area contributed by atoms with Crippen LogP contribution in [0.25, 0.3) is 0 Å². The fraction of sp³-hybridized carbons (Fsp3) is 0.278. The Morgan fingerprint density at radius 2 is 1.83 bits per heavy atom. The zero-order chi connectivity index (χ0) is 15.9. The number of ether oxygens (including phenoxy) is 1. The molecule has 4 nitrogen and oxygen atoms in total. The number of nitrogens with two attached hydrogens (primary N) is 1. The van der Waals surface area contributed by atoms with Crippen molar-refractivity contribution in [1.82, 2.24) is 0 Å². The van der Waals surface area contributed by atoms with Gasteiger partial charge in [-0.2, -0.15) is 0 Å². The molecule has 0 aliphatic carbocycles. The molecule has 5 heteroatoms. The molecule has 0 saturated carbocycles. The van der Waals surface area contributed by atoms with Crippen LogP contribution >= 0.6 is 24.0 Å². The van der Waals surface area contributed by atoms with Gasteiger partial charge in [0.15, 0.2) is 5.96 Å². The number of methoxy groups -OCH3 is 1. The van der Waals surface area contributed by atoms with Gasteiger partial charge in [0.2, 0.25) is 0 Å². The first-order valence-corrected chi connectivity index (χ1v) is 7.35. The molecule has 2 rings (SSSR count). The van der Waals surface area contributed by atoms with Crippen molar-refractivity contribution in [2.75, 3.05) is 19.0 Å². The summed E-state index contributed by atoms with van der Waals surface area (Å²) >= 11 is 0. The molecular formula is C18H24IN3O. The number of rotatable bonds is 5. The van der Waals surface area contributed by atoms with E-state index < -0.39 is 0 Å². The number of nitrogens with zero attached hydrogens (tertiary/aromatic N) is 1. The summed E-state index contributed by atoms with van der Waals surface area (Å²) in [6.45, 7) is 4.88. The molecule has 23 heavy (non-hydrogen) atoms. The van der Waals surface area contributed by atoms with Gasteiger partial charge in [0.25, 0.3) is 0 Å². The van der Waals surface area contributed by atoms with E-state index in [0.29, 0.717) is 12.5 Å². The first-order chi connectivity index (χ1) is 10.6. The van der Waals surface area contributed by atoms with Crippen LogP contribution < -0.4 is 15.8 Å². The van der Waals surface area contributed by atoms with Crippen molar-refractivity contribution in [1.29, 1.82) is 0 Å². The van der Waals surface area contributed by atoms with E-state index in [2.05, 4.69) is 42.4 Å². The Bertz CT molecular complexity index is 651. The van der Waals surface area contributed by atoms with Gasteiger partial charge in [-0.3, -0.25) is 4.99 Å². The second-order valence-electron chi connectivity index (χ2n) is 5.37. The van der Waals surface area contributed by atoms with Gasteiger partial charge in [-0.05, 0) is 38.0 Å². The number of hydrogen-bond acceptors (Lipinski definition) is 2. The molecule has 0 aromatic heterocycles. The maximum Gasteiger partial charge on any atom is 0.193 e. The zero-order valence-electron chi connectivity index (χ0n) is 13.8. The minimum absolute atomic E-state index is 0. The van der Waals surface area contributed by atoms with Crippen molar-refractivity contribution in [2.45, 2.75) is 20.3 Å². The molecule has 0 saturated heterocycles. The third kappa shape index (κ3) is 6.48. The van der Waals surface area contributed by atoms with Crippen LogP contribution in [0.3, 0.4) is 0 Å². The number of guanidine groups is 1. The number of anilines is 1. The second-order valence-corrected chi connectivity index (χ2v) is 5.37. The lowest BCUT2D eigenvalue weighted by molar-refractivity contribution is 0.415. The molecule has 0 radical (unpaired) electrons. The highest BCUT2D eigenvalue weighted by Gasteiger charge is 1.99. The SMILES string of the molecule is COc1cccc(NC(N)=NCCc2cc(C)cc(C)c2)c1.I. The van der Waals surface area contributed by atoms with E-state index in [1.165, 1.54) is 16.7 Å². The molecule has 124 valence electrons. The van der Waals surface area contributed by atoms with Crippen LogP contribution in [0.15, 0.2) is 47.5 Å². The van der Waals surface area contributed by atoms with E-state index in [9.17, 15) is 0 Å². The van der Waals surface area contributed by atoms with Gasteiger partial charge in [0.05, 0.1) is 7.11 Å². The standard InChI is InChI=1S/C18H23N3O.HI/c1-13-9-14(2)11-15(10-13)7-8-20-18(19)21-16-5-4-6-17(12-16)22-3;/h4-6,9-12H,7-8H2,1-3H3,(H3,19,20,21);1H. The molecule has 0 aliphatic heterocycles. The molecule has 2 aromatic rings. The fourth-order valence-corrected chi connectivity index (χ4v) is 2.41. The Kier molecular flexibility index (Phi) is 7.88. The average Bonchev–Trinajstić information content (AvgIpc) is 2.46. The van der Waals surface area contributed by atoms with Gasteiger partial charge in [0, 0.05) is 18.3 Å². The van der Waals surface area contributed by atoms with E-state index in [-0.39, 0.29) is 24.0 Å². The van der Waals surface area contributed by atoms with Crippen LogP contribution in [-0.2, 0) is 6.42 Å². The highest BCUT2D eigenvalue weighted by molar-refractivity contribution is 14.0. The zero-order valence-corrected chi connectivity index (χ0v) is 16.1. The lowest BCUT2D eigenvalue weighted by Gasteiger charge is -2.08. The summed E-state index contributed by atoms with van der Waals surface area (Å²) in [6, 6.07) is 14.2. The first-order valence-electron chi connectivity index (χ1n) is 7.35. The predicted molar refractivity (Wildman–Crippen MR) is 108 cm³/mol. The summed E-state index contributed by atoms with van der Waals surface area (Å²) in [7, 11) is 1.64. The van der Waals surface area contributed by atoms with Crippen LogP contribution in [0.5, 0.6) is 5.75 Å². The van der Waals surface area contributed by atoms with E-state index in [0.717, 1.165) is 17.9 Å². The summed E-state index contributed by atoms with van der Waals surface area (Å²) in [5.74, 6) is 1.20. The van der Waals surface area contributed by atoms with Crippen molar-refractivity contribution >= 4 is 35.6 Å². The number of halogens is 1. The summed E-state index contributed by atoms with van der Waals surface area (Å²) in [5.41, 5.74) is 10.6. The lowest BCUT2D eigenvalue weighted by atomic mass is 10.1. The minimum Gasteiger partial charge on any atom is -0.497 e. The molecule has 0 atom stereocenters. The third-order valence-corrected chi connectivity index (χ3v) is 3.31. The molecule has 3 N–H and O–H groups in total. The molecular weight excluding hydrogens is 401 g/mol. The van der Waals surface area contributed by atoms with E-state index in [1.54, 1.807) is 7.11 Å². The quantitative estimate of drug-likeness (QED) is 0.434. The third-order valence-electron chi connectivity index (χ3n) is 3.31. The summed E-state index contributed by atoms with van der Waals surface area (Å²) < 4.78 is 5.18. The Hall–Kier alpha value is -1.76. The summed E-state index contributed by atoms with van der Waals surface area (Å²) in [6.07, 6.45) is 0.878. The minimum atomic E-state index is 0. The van der Waals surface area contributed by atoms with Crippen LogP contribution in [0.4, 0.5) is 5.69 Å². The topological polar surface area (TPSA) is 59.6 Å². The molecule has 0 heterocycles. The maximum atomic E-state index is 5.92. The largest absolute Gasteiger partial charge is 0.497 e. The van der Waals surface area contributed by atoms with Gasteiger partial charge in [-0.25, -0.2) is 0 Å². The van der Waals surface area contributed by atoms with Gasteiger partial charge in [0.1, 0.15) is 5.75 Å². The van der Waals surface area contributed by atoms with Crippen molar-refractivity contribution in [2.24, 2.45) is 10.7 Å². The Morgan fingerprint density at radius 3 is 2.48 bits per heavy atom. The van der Waals surface area contributed by atoms with E-state index in [1.807, 2.05) is 24.3 Å². The summed E-state index contributed by atoms with van der Waals surface area (Å²) in [5, 5.41) is 3.07. The normalized spacial score (nSPS) is 10.8. The fourth-order valence-electron chi connectivity index (χ4n) is 2.41. The van der Waals surface area contributed by atoms with Crippen molar-refractivity contribution in [3.8, 4) is 5.75 Å². The second kappa shape index (κ2) is 9.39. The maximum absolute atomic E-state index is 5.92. The number of nitrogens with one attached hydrogen (secondary N) is 1. The number of hydrogen-bond donors (Lipinski definition) is 2. The summed E-state index contributed by atoms with van der Waals surface area (Å²) in [4.78, 5) is 4.37. The smallest absolute Gasteiger partial charge is 0.193 e. The highest BCUT2D eigenvalue weighted by Crippen LogP contribution is 2.16. The van der Waals surface area contributed by atoms with Crippen molar-refractivity contribution in [3.05, 3.63) is 59.2 Å². The lowest BCUT2D eigenvalue weighted by Crippen LogP contribution is -2.23. The number of aryl methyl sites for hydroxylation is 2. The Labute approximate surface area is 155 Å². The molecule has 0 unspecified atom stereocenters. The average molecular weight is 425 g/mol.